The van der Waals surface area contributed by atoms with Gasteiger partial charge in [0.1, 0.15) is 0 Å². The van der Waals surface area contributed by atoms with Crippen LogP contribution in [0.5, 0.6) is 0 Å². The van der Waals surface area contributed by atoms with Gasteiger partial charge in [0.2, 0.25) is 5.91 Å². The standard InChI is InChI=1S/C24H27ClN2O2/c25-22-9-2-1-7-20(22)16-23(28)27-13-10-19(17-27)14-18-6-5-8-21(15-18)24(29)26-11-3-4-12-26/h1-2,5-9,15,19H,3-4,10-14,16-17H2. The van der Waals surface area contributed by atoms with Crippen LogP contribution in [0.4, 0.5) is 0 Å². The second-order valence-electron chi connectivity index (χ2n) is 8.17. The lowest BCUT2D eigenvalue weighted by molar-refractivity contribution is -0.129. The van der Waals surface area contributed by atoms with E-state index in [0.717, 1.165) is 63.0 Å². The van der Waals surface area contributed by atoms with Crippen LogP contribution in [0.3, 0.4) is 0 Å². The summed E-state index contributed by atoms with van der Waals surface area (Å²) in [6, 6.07) is 15.6. The topological polar surface area (TPSA) is 40.6 Å². The van der Waals surface area contributed by atoms with E-state index in [1.54, 1.807) is 0 Å². The maximum absolute atomic E-state index is 12.7. The summed E-state index contributed by atoms with van der Waals surface area (Å²) in [5, 5.41) is 0.649. The minimum Gasteiger partial charge on any atom is -0.342 e. The first-order chi connectivity index (χ1) is 14.1. The molecule has 4 rings (SSSR count). The minimum absolute atomic E-state index is 0.138. The number of rotatable bonds is 5. The summed E-state index contributed by atoms with van der Waals surface area (Å²) in [5.41, 5.74) is 2.85. The minimum atomic E-state index is 0.138. The van der Waals surface area contributed by atoms with Gasteiger partial charge in [-0.25, -0.2) is 0 Å². The van der Waals surface area contributed by atoms with Crippen molar-refractivity contribution in [1.82, 2.24) is 9.80 Å². The normalized spacial score (nSPS) is 19.0. The maximum Gasteiger partial charge on any atom is 0.253 e. The van der Waals surface area contributed by atoms with Crippen LogP contribution in [0.1, 0.15) is 40.7 Å². The van der Waals surface area contributed by atoms with Gasteiger partial charge in [0.25, 0.3) is 5.91 Å². The number of halogens is 1. The fourth-order valence-electron chi connectivity index (χ4n) is 4.41. The number of amides is 2. The average molecular weight is 411 g/mol. The van der Waals surface area contributed by atoms with Crippen LogP contribution >= 0.6 is 11.6 Å². The van der Waals surface area contributed by atoms with Crippen LogP contribution in [0.2, 0.25) is 5.02 Å². The molecule has 152 valence electrons. The number of hydrogen-bond acceptors (Lipinski definition) is 2. The number of carbonyl (C=O) groups is 2. The third kappa shape index (κ3) is 4.81. The van der Waals surface area contributed by atoms with E-state index < -0.39 is 0 Å². The summed E-state index contributed by atoms with van der Waals surface area (Å²) < 4.78 is 0. The highest BCUT2D eigenvalue weighted by molar-refractivity contribution is 6.31. The fraction of sp³-hybridized carbons (Fsp3) is 0.417. The highest BCUT2D eigenvalue weighted by atomic mass is 35.5. The van der Waals surface area contributed by atoms with Crippen LogP contribution in [-0.2, 0) is 17.6 Å². The molecule has 2 aromatic rings. The lowest BCUT2D eigenvalue weighted by Gasteiger charge is -2.18. The van der Waals surface area contributed by atoms with Crippen molar-refractivity contribution in [1.29, 1.82) is 0 Å². The molecule has 1 unspecified atom stereocenters. The van der Waals surface area contributed by atoms with E-state index in [0.29, 0.717) is 17.4 Å². The summed E-state index contributed by atoms with van der Waals surface area (Å²) in [6.07, 6.45) is 4.46. The van der Waals surface area contributed by atoms with Gasteiger partial charge in [-0.15, -0.1) is 0 Å². The Balaban J connectivity index is 1.34. The third-order valence-corrected chi connectivity index (χ3v) is 6.40. The lowest BCUT2D eigenvalue weighted by Crippen LogP contribution is -2.30. The Bertz CT molecular complexity index is 892. The fourth-order valence-corrected chi connectivity index (χ4v) is 4.61. The molecule has 2 amide bonds. The number of benzene rings is 2. The molecule has 0 spiro atoms. The third-order valence-electron chi connectivity index (χ3n) is 6.03. The second-order valence-corrected chi connectivity index (χ2v) is 8.57. The molecular formula is C24H27ClN2O2. The number of carbonyl (C=O) groups excluding carboxylic acids is 2. The van der Waals surface area contributed by atoms with E-state index in [-0.39, 0.29) is 11.8 Å². The highest BCUT2D eigenvalue weighted by Gasteiger charge is 2.27. The Morgan fingerprint density at radius 3 is 2.55 bits per heavy atom. The molecule has 2 aromatic carbocycles. The van der Waals surface area contributed by atoms with E-state index in [2.05, 4.69) is 6.07 Å². The Kier molecular flexibility index (Phi) is 6.19. The molecule has 1 atom stereocenters. The smallest absolute Gasteiger partial charge is 0.253 e. The Hall–Kier alpha value is -2.33. The summed E-state index contributed by atoms with van der Waals surface area (Å²) in [7, 11) is 0. The van der Waals surface area contributed by atoms with Crippen molar-refractivity contribution in [3.8, 4) is 0 Å². The van der Waals surface area contributed by atoms with Crippen molar-refractivity contribution in [2.45, 2.75) is 32.1 Å². The Morgan fingerprint density at radius 2 is 1.76 bits per heavy atom. The van der Waals surface area contributed by atoms with Gasteiger partial charge in [0, 0.05) is 36.8 Å². The number of likely N-dealkylation sites (tertiary alicyclic amines) is 2. The molecular weight excluding hydrogens is 384 g/mol. The van der Waals surface area contributed by atoms with E-state index in [1.807, 2.05) is 52.3 Å². The Morgan fingerprint density at radius 1 is 0.966 bits per heavy atom. The predicted molar refractivity (Wildman–Crippen MR) is 115 cm³/mol. The molecule has 4 nitrogen and oxygen atoms in total. The molecule has 29 heavy (non-hydrogen) atoms. The number of hydrogen-bond donors (Lipinski definition) is 0. The average Bonchev–Trinajstić information content (AvgIpc) is 3.42. The first kappa shape index (κ1) is 20.0. The largest absolute Gasteiger partial charge is 0.342 e. The van der Waals surface area contributed by atoms with Gasteiger partial charge in [-0.1, -0.05) is 41.9 Å². The molecule has 0 aromatic heterocycles. The number of nitrogens with zero attached hydrogens (tertiary/aromatic N) is 2. The molecule has 2 saturated heterocycles. The van der Waals surface area contributed by atoms with Gasteiger partial charge in [0.05, 0.1) is 6.42 Å². The zero-order chi connectivity index (χ0) is 20.2. The van der Waals surface area contributed by atoms with Crippen molar-refractivity contribution >= 4 is 23.4 Å². The second kappa shape index (κ2) is 9.00. The van der Waals surface area contributed by atoms with Crippen molar-refractivity contribution in [3.63, 3.8) is 0 Å². The predicted octanol–water partition coefficient (Wildman–Crippen LogP) is 4.21. The molecule has 0 aliphatic carbocycles. The van der Waals surface area contributed by atoms with Crippen LogP contribution in [-0.4, -0.2) is 47.8 Å². The SMILES string of the molecule is O=C(Cc1ccccc1Cl)N1CCC(Cc2cccc(C(=O)N3CCCC3)c2)C1. The molecule has 2 heterocycles. The van der Waals surface area contributed by atoms with Gasteiger partial charge >= 0.3 is 0 Å². The summed E-state index contributed by atoms with van der Waals surface area (Å²) >= 11 is 6.20. The molecule has 0 radical (unpaired) electrons. The van der Waals surface area contributed by atoms with E-state index in [9.17, 15) is 9.59 Å². The van der Waals surface area contributed by atoms with Gasteiger partial charge in [0.15, 0.2) is 0 Å². The molecule has 2 fully saturated rings. The van der Waals surface area contributed by atoms with Gasteiger partial charge in [-0.3, -0.25) is 9.59 Å². The van der Waals surface area contributed by atoms with Crippen molar-refractivity contribution in [2.75, 3.05) is 26.2 Å². The molecule has 0 saturated carbocycles. The zero-order valence-electron chi connectivity index (χ0n) is 16.6. The van der Waals surface area contributed by atoms with Crippen LogP contribution in [0, 0.1) is 5.92 Å². The first-order valence-electron chi connectivity index (χ1n) is 10.5. The van der Waals surface area contributed by atoms with Gasteiger partial charge in [-0.2, -0.15) is 0 Å². The van der Waals surface area contributed by atoms with E-state index in [1.165, 1.54) is 5.56 Å². The molecule has 0 bridgehead atoms. The van der Waals surface area contributed by atoms with Crippen molar-refractivity contribution < 1.29 is 9.59 Å². The summed E-state index contributed by atoms with van der Waals surface area (Å²) in [5.74, 6) is 0.716. The van der Waals surface area contributed by atoms with Gasteiger partial charge < -0.3 is 9.80 Å². The van der Waals surface area contributed by atoms with E-state index in [4.69, 9.17) is 11.6 Å². The van der Waals surface area contributed by atoms with Crippen molar-refractivity contribution in [3.05, 3.63) is 70.2 Å². The maximum atomic E-state index is 12.7. The molecule has 2 aliphatic heterocycles. The summed E-state index contributed by atoms with van der Waals surface area (Å²) in [6.45, 7) is 3.30. The van der Waals surface area contributed by atoms with Crippen LogP contribution in [0.15, 0.2) is 48.5 Å². The quantitative estimate of drug-likeness (QED) is 0.740. The zero-order valence-corrected chi connectivity index (χ0v) is 17.4. The van der Waals surface area contributed by atoms with Crippen LogP contribution < -0.4 is 0 Å². The first-order valence-corrected chi connectivity index (χ1v) is 10.9. The van der Waals surface area contributed by atoms with Crippen molar-refractivity contribution in [2.24, 2.45) is 5.92 Å². The lowest BCUT2D eigenvalue weighted by atomic mass is 9.97. The van der Waals surface area contributed by atoms with Gasteiger partial charge in [-0.05, 0) is 60.9 Å². The Labute approximate surface area is 177 Å². The van der Waals surface area contributed by atoms with Crippen LogP contribution in [0.25, 0.3) is 0 Å². The van der Waals surface area contributed by atoms with E-state index >= 15 is 0 Å². The molecule has 2 aliphatic rings. The molecule has 0 N–H and O–H groups in total. The summed E-state index contributed by atoms with van der Waals surface area (Å²) in [4.78, 5) is 29.2. The molecule has 5 heteroatoms. The highest BCUT2D eigenvalue weighted by Crippen LogP contribution is 2.24. The monoisotopic (exact) mass is 410 g/mol.